The maximum absolute atomic E-state index is 10.2. The molecule has 0 spiro atoms. The van der Waals surface area contributed by atoms with E-state index in [1.165, 1.54) is 19.3 Å². The molecule has 1 aromatic carbocycles. The van der Waals surface area contributed by atoms with Crippen LogP contribution in [-0.2, 0) is 0 Å². The topological polar surface area (TPSA) is 29.5 Å². The van der Waals surface area contributed by atoms with Gasteiger partial charge in [-0.1, -0.05) is 62.2 Å². The number of aliphatic hydroxyl groups excluding tert-OH is 1. The van der Waals surface area contributed by atoms with Crippen molar-refractivity contribution in [1.29, 1.82) is 0 Å². The van der Waals surface area contributed by atoms with Crippen molar-refractivity contribution < 1.29 is 9.84 Å². The Morgan fingerprint density at radius 2 is 1.75 bits per heavy atom. The Balaban J connectivity index is 2.59. The summed E-state index contributed by atoms with van der Waals surface area (Å²) >= 11 is 12.3. The van der Waals surface area contributed by atoms with Crippen LogP contribution in [0.1, 0.15) is 64.0 Å². The van der Waals surface area contributed by atoms with Crippen LogP contribution in [0.15, 0.2) is 12.1 Å². The van der Waals surface area contributed by atoms with Crippen molar-refractivity contribution in [3.8, 4) is 5.75 Å². The normalized spacial score (nSPS) is 12.4. The molecule has 1 rings (SSSR count). The summed E-state index contributed by atoms with van der Waals surface area (Å²) in [7, 11) is 0. The van der Waals surface area contributed by atoms with Gasteiger partial charge < -0.3 is 9.84 Å². The molecule has 4 heteroatoms. The number of benzene rings is 1. The molecule has 1 atom stereocenters. The standard InChI is InChI=1S/C16H24Cl2O2/c1-3-5-6-7-8-9-15(19)12-10-14(18)16(20-4-2)11-13(12)17/h10-11,15,19H,3-9H2,1-2H3. The van der Waals surface area contributed by atoms with Gasteiger partial charge in [0.2, 0.25) is 0 Å². The molecule has 1 N–H and O–H groups in total. The number of ether oxygens (including phenoxy) is 1. The number of halogens is 2. The number of hydrogen-bond donors (Lipinski definition) is 1. The van der Waals surface area contributed by atoms with Gasteiger partial charge in [-0.05, 0) is 19.4 Å². The minimum atomic E-state index is -0.558. The predicted molar refractivity (Wildman–Crippen MR) is 86.0 cm³/mol. The van der Waals surface area contributed by atoms with Gasteiger partial charge in [0.25, 0.3) is 0 Å². The monoisotopic (exact) mass is 318 g/mol. The maximum atomic E-state index is 10.2. The third-order valence-electron chi connectivity index (χ3n) is 3.29. The fraction of sp³-hybridized carbons (Fsp3) is 0.625. The largest absolute Gasteiger partial charge is 0.492 e. The van der Waals surface area contributed by atoms with Crippen LogP contribution in [0.3, 0.4) is 0 Å². The van der Waals surface area contributed by atoms with E-state index in [0.717, 1.165) is 12.8 Å². The van der Waals surface area contributed by atoms with Gasteiger partial charge in [-0.3, -0.25) is 0 Å². The van der Waals surface area contributed by atoms with Crippen molar-refractivity contribution in [3.05, 3.63) is 27.7 Å². The Labute approximate surface area is 132 Å². The van der Waals surface area contributed by atoms with E-state index >= 15 is 0 Å². The fourth-order valence-electron chi connectivity index (χ4n) is 2.16. The number of hydrogen-bond acceptors (Lipinski definition) is 2. The zero-order chi connectivity index (χ0) is 15.0. The molecule has 0 saturated carbocycles. The molecule has 0 fully saturated rings. The number of unbranched alkanes of at least 4 members (excludes halogenated alkanes) is 4. The van der Waals surface area contributed by atoms with Gasteiger partial charge in [-0.25, -0.2) is 0 Å². The molecule has 0 aromatic heterocycles. The van der Waals surface area contributed by atoms with Crippen LogP contribution in [0, 0.1) is 0 Å². The van der Waals surface area contributed by atoms with Gasteiger partial charge in [0.05, 0.1) is 22.8 Å². The average molecular weight is 319 g/mol. The van der Waals surface area contributed by atoms with Crippen LogP contribution in [0.4, 0.5) is 0 Å². The summed E-state index contributed by atoms with van der Waals surface area (Å²) < 4.78 is 5.38. The van der Waals surface area contributed by atoms with Gasteiger partial charge in [-0.15, -0.1) is 0 Å². The molecule has 0 radical (unpaired) electrons. The van der Waals surface area contributed by atoms with Gasteiger partial charge >= 0.3 is 0 Å². The summed E-state index contributed by atoms with van der Waals surface area (Å²) in [5, 5.41) is 11.2. The minimum Gasteiger partial charge on any atom is -0.492 e. The Hall–Kier alpha value is -0.440. The lowest BCUT2D eigenvalue weighted by molar-refractivity contribution is 0.163. The van der Waals surface area contributed by atoms with Crippen LogP contribution in [0.25, 0.3) is 0 Å². The Bertz CT molecular complexity index is 408. The summed E-state index contributed by atoms with van der Waals surface area (Å²) in [4.78, 5) is 0. The first kappa shape index (κ1) is 17.6. The minimum absolute atomic E-state index is 0.497. The van der Waals surface area contributed by atoms with E-state index < -0.39 is 6.10 Å². The van der Waals surface area contributed by atoms with Crippen LogP contribution >= 0.6 is 23.2 Å². The van der Waals surface area contributed by atoms with E-state index in [9.17, 15) is 5.11 Å². The van der Waals surface area contributed by atoms with Gasteiger partial charge in [-0.2, -0.15) is 0 Å². The highest BCUT2D eigenvalue weighted by molar-refractivity contribution is 6.34. The first-order valence-corrected chi connectivity index (χ1v) is 8.15. The van der Waals surface area contributed by atoms with Crippen LogP contribution in [0.5, 0.6) is 5.75 Å². The van der Waals surface area contributed by atoms with Crippen LogP contribution in [-0.4, -0.2) is 11.7 Å². The molecule has 1 unspecified atom stereocenters. The van der Waals surface area contributed by atoms with E-state index in [1.807, 2.05) is 6.92 Å². The van der Waals surface area contributed by atoms with Crippen LogP contribution < -0.4 is 4.74 Å². The zero-order valence-corrected chi connectivity index (χ0v) is 13.8. The van der Waals surface area contributed by atoms with Crippen molar-refractivity contribution in [2.24, 2.45) is 0 Å². The number of rotatable bonds is 9. The highest BCUT2D eigenvalue weighted by Crippen LogP contribution is 2.35. The molecule has 0 bridgehead atoms. The molecule has 2 nitrogen and oxygen atoms in total. The molecular weight excluding hydrogens is 295 g/mol. The van der Waals surface area contributed by atoms with Crippen molar-refractivity contribution in [3.63, 3.8) is 0 Å². The molecule has 0 amide bonds. The Morgan fingerprint density at radius 1 is 1.05 bits per heavy atom. The first-order valence-electron chi connectivity index (χ1n) is 7.39. The lowest BCUT2D eigenvalue weighted by Gasteiger charge is -2.15. The molecule has 0 aliphatic heterocycles. The van der Waals surface area contributed by atoms with E-state index in [2.05, 4.69) is 6.92 Å². The molecular formula is C16H24Cl2O2. The third kappa shape index (κ3) is 5.51. The second kappa shape index (κ2) is 9.49. The lowest BCUT2D eigenvalue weighted by atomic mass is 10.0. The van der Waals surface area contributed by atoms with E-state index in [-0.39, 0.29) is 0 Å². The van der Waals surface area contributed by atoms with Crippen molar-refractivity contribution >= 4 is 23.2 Å². The van der Waals surface area contributed by atoms with E-state index in [4.69, 9.17) is 27.9 Å². The predicted octanol–water partition coefficient (Wildman–Crippen LogP) is 5.79. The summed E-state index contributed by atoms with van der Waals surface area (Å²) in [5.41, 5.74) is 0.690. The molecule has 0 saturated heterocycles. The summed E-state index contributed by atoms with van der Waals surface area (Å²) in [6, 6.07) is 3.40. The van der Waals surface area contributed by atoms with E-state index in [0.29, 0.717) is 34.4 Å². The lowest BCUT2D eigenvalue weighted by Crippen LogP contribution is -2.00. The van der Waals surface area contributed by atoms with Gasteiger partial charge in [0, 0.05) is 11.6 Å². The zero-order valence-electron chi connectivity index (χ0n) is 12.3. The highest BCUT2D eigenvalue weighted by atomic mass is 35.5. The fourth-order valence-corrected chi connectivity index (χ4v) is 2.67. The summed E-state index contributed by atoms with van der Waals surface area (Å²) in [6.07, 6.45) is 6.01. The van der Waals surface area contributed by atoms with Gasteiger partial charge in [0.1, 0.15) is 5.75 Å². The van der Waals surface area contributed by atoms with E-state index in [1.54, 1.807) is 12.1 Å². The number of aliphatic hydroxyl groups is 1. The quantitative estimate of drug-likeness (QED) is 0.584. The summed E-state index contributed by atoms with van der Waals surface area (Å²) in [6.45, 7) is 4.62. The molecule has 114 valence electrons. The average Bonchev–Trinajstić information content (AvgIpc) is 2.42. The Kier molecular flexibility index (Phi) is 8.35. The summed E-state index contributed by atoms with van der Waals surface area (Å²) in [5.74, 6) is 0.568. The smallest absolute Gasteiger partial charge is 0.139 e. The maximum Gasteiger partial charge on any atom is 0.139 e. The molecule has 20 heavy (non-hydrogen) atoms. The second-order valence-corrected chi connectivity index (χ2v) is 5.77. The molecule has 0 aliphatic rings. The third-order valence-corrected chi connectivity index (χ3v) is 3.91. The van der Waals surface area contributed by atoms with Crippen molar-refractivity contribution in [2.75, 3.05) is 6.61 Å². The molecule has 1 aromatic rings. The van der Waals surface area contributed by atoms with Crippen molar-refractivity contribution in [2.45, 2.75) is 58.5 Å². The molecule has 0 aliphatic carbocycles. The van der Waals surface area contributed by atoms with Crippen LogP contribution in [0.2, 0.25) is 10.0 Å². The molecule has 0 heterocycles. The van der Waals surface area contributed by atoms with Gasteiger partial charge in [0.15, 0.2) is 0 Å². The SMILES string of the molecule is CCCCCCCC(O)c1cc(Cl)c(OCC)cc1Cl. The second-order valence-electron chi connectivity index (χ2n) is 4.96. The van der Waals surface area contributed by atoms with Crippen molar-refractivity contribution in [1.82, 2.24) is 0 Å². The highest BCUT2D eigenvalue weighted by Gasteiger charge is 2.15. The first-order chi connectivity index (χ1) is 9.60. The Morgan fingerprint density at radius 3 is 2.40 bits per heavy atom.